The van der Waals surface area contributed by atoms with Crippen molar-refractivity contribution in [3.63, 3.8) is 0 Å². The predicted octanol–water partition coefficient (Wildman–Crippen LogP) is 1.69. The van der Waals surface area contributed by atoms with Gasteiger partial charge in [-0.1, -0.05) is 12.1 Å². The molecule has 1 unspecified atom stereocenters. The number of anilines is 1. The van der Waals surface area contributed by atoms with Gasteiger partial charge in [0.2, 0.25) is 5.91 Å². The Bertz CT molecular complexity index is 470. The summed E-state index contributed by atoms with van der Waals surface area (Å²) in [4.78, 5) is 24.0. The molecule has 0 aliphatic carbocycles. The van der Waals surface area contributed by atoms with E-state index in [-0.39, 0.29) is 11.9 Å². The van der Waals surface area contributed by atoms with E-state index >= 15 is 0 Å². The molecule has 1 fully saturated rings. The third-order valence-corrected chi connectivity index (χ3v) is 3.31. The molecule has 0 aromatic heterocycles. The van der Waals surface area contributed by atoms with E-state index in [1.807, 2.05) is 29.2 Å². The third-order valence-electron chi connectivity index (χ3n) is 3.31. The number of carboxylic acids is 1. The predicted molar refractivity (Wildman–Crippen MR) is 71.8 cm³/mol. The van der Waals surface area contributed by atoms with Gasteiger partial charge in [-0.15, -0.1) is 0 Å². The Labute approximate surface area is 112 Å². The Morgan fingerprint density at radius 1 is 1.37 bits per heavy atom. The van der Waals surface area contributed by atoms with Gasteiger partial charge in [-0.3, -0.25) is 14.5 Å². The number of nitrogens with zero attached hydrogens (tertiary/aromatic N) is 1. The zero-order valence-corrected chi connectivity index (χ0v) is 10.9. The number of carbonyl (C=O) groups is 2. The first kappa shape index (κ1) is 13.5. The summed E-state index contributed by atoms with van der Waals surface area (Å²) in [5.74, 6) is -0.842. The fraction of sp³-hybridized carbons (Fsp3) is 0.429. The van der Waals surface area contributed by atoms with Gasteiger partial charge in [0.05, 0.1) is 0 Å². The number of carboxylic acid groups (broad SMARTS) is 1. The minimum absolute atomic E-state index is 0.0989. The van der Waals surface area contributed by atoms with Gasteiger partial charge >= 0.3 is 5.97 Å². The summed E-state index contributed by atoms with van der Waals surface area (Å²) in [6.07, 6.45) is 1.65. The molecule has 1 aliphatic rings. The summed E-state index contributed by atoms with van der Waals surface area (Å²) in [6.45, 7) is 2.93. The van der Waals surface area contributed by atoms with Crippen LogP contribution in [-0.4, -0.2) is 34.5 Å². The topological polar surface area (TPSA) is 69.6 Å². The molecule has 1 atom stereocenters. The van der Waals surface area contributed by atoms with E-state index in [0.29, 0.717) is 6.54 Å². The smallest absolute Gasteiger partial charge is 0.320 e. The molecule has 1 heterocycles. The number of rotatable bonds is 4. The molecule has 0 radical (unpaired) electrons. The van der Waals surface area contributed by atoms with Crippen LogP contribution in [0.2, 0.25) is 0 Å². The SMILES string of the molecule is CC(=O)Nc1ccc(CN2CCCC2C(=O)O)cc1. The summed E-state index contributed by atoms with van der Waals surface area (Å²) in [6, 6.07) is 7.14. The van der Waals surface area contributed by atoms with Crippen molar-refractivity contribution in [2.45, 2.75) is 32.4 Å². The van der Waals surface area contributed by atoms with E-state index in [2.05, 4.69) is 5.32 Å². The van der Waals surface area contributed by atoms with Gasteiger partial charge in [-0.2, -0.15) is 0 Å². The number of carbonyl (C=O) groups excluding carboxylic acids is 1. The van der Waals surface area contributed by atoms with Crippen molar-refractivity contribution < 1.29 is 14.7 Å². The maximum Gasteiger partial charge on any atom is 0.320 e. The van der Waals surface area contributed by atoms with Gasteiger partial charge in [0.1, 0.15) is 6.04 Å². The molecule has 1 amide bonds. The largest absolute Gasteiger partial charge is 0.480 e. The number of hydrogen-bond donors (Lipinski definition) is 2. The molecule has 102 valence electrons. The normalized spacial score (nSPS) is 19.3. The van der Waals surface area contributed by atoms with Crippen LogP contribution in [0.5, 0.6) is 0 Å². The van der Waals surface area contributed by atoms with Crippen molar-refractivity contribution in [1.82, 2.24) is 4.90 Å². The highest BCUT2D eigenvalue weighted by molar-refractivity contribution is 5.88. The zero-order chi connectivity index (χ0) is 13.8. The maximum atomic E-state index is 11.1. The summed E-state index contributed by atoms with van der Waals surface area (Å²) in [5.41, 5.74) is 1.81. The molecular weight excluding hydrogens is 244 g/mol. The molecule has 1 saturated heterocycles. The van der Waals surface area contributed by atoms with Crippen LogP contribution in [0.4, 0.5) is 5.69 Å². The van der Waals surface area contributed by atoms with Crippen molar-refractivity contribution in [3.8, 4) is 0 Å². The van der Waals surface area contributed by atoms with Crippen LogP contribution < -0.4 is 5.32 Å². The van der Waals surface area contributed by atoms with Gasteiger partial charge in [-0.05, 0) is 37.1 Å². The van der Waals surface area contributed by atoms with Crippen molar-refractivity contribution in [3.05, 3.63) is 29.8 Å². The fourth-order valence-electron chi connectivity index (χ4n) is 2.43. The number of nitrogens with one attached hydrogen (secondary N) is 1. The first-order valence-electron chi connectivity index (χ1n) is 6.39. The second-order valence-electron chi connectivity index (χ2n) is 4.84. The molecule has 0 saturated carbocycles. The average Bonchev–Trinajstić information content (AvgIpc) is 2.79. The lowest BCUT2D eigenvalue weighted by atomic mass is 10.1. The molecule has 0 spiro atoms. The highest BCUT2D eigenvalue weighted by atomic mass is 16.4. The lowest BCUT2D eigenvalue weighted by Gasteiger charge is -2.21. The molecule has 0 bridgehead atoms. The lowest BCUT2D eigenvalue weighted by molar-refractivity contribution is -0.142. The highest BCUT2D eigenvalue weighted by Crippen LogP contribution is 2.21. The summed E-state index contributed by atoms with van der Waals surface area (Å²) < 4.78 is 0. The van der Waals surface area contributed by atoms with Crippen molar-refractivity contribution in [2.24, 2.45) is 0 Å². The minimum Gasteiger partial charge on any atom is -0.480 e. The maximum absolute atomic E-state index is 11.1. The van der Waals surface area contributed by atoms with Crippen LogP contribution in [0.15, 0.2) is 24.3 Å². The molecular formula is C14H18N2O3. The second-order valence-corrected chi connectivity index (χ2v) is 4.84. The number of likely N-dealkylation sites (tertiary alicyclic amines) is 1. The fourth-order valence-corrected chi connectivity index (χ4v) is 2.43. The molecule has 1 aromatic carbocycles. The Morgan fingerprint density at radius 2 is 2.05 bits per heavy atom. The van der Waals surface area contributed by atoms with Crippen LogP contribution in [0.1, 0.15) is 25.3 Å². The molecule has 2 N–H and O–H groups in total. The molecule has 5 nitrogen and oxygen atoms in total. The summed E-state index contributed by atoms with van der Waals surface area (Å²) in [5, 5.41) is 11.8. The molecule has 1 aliphatic heterocycles. The van der Waals surface area contributed by atoms with Crippen molar-refractivity contribution in [1.29, 1.82) is 0 Å². The Kier molecular flexibility index (Phi) is 4.16. The molecule has 1 aromatic rings. The van der Waals surface area contributed by atoms with Gasteiger partial charge in [-0.25, -0.2) is 0 Å². The van der Waals surface area contributed by atoms with Gasteiger partial charge < -0.3 is 10.4 Å². The van der Waals surface area contributed by atoms with Crippen LogP contribution in [0.25, 0.3) is 0 Å². The Morgan fingerprint density at radius 3 is 2.63 bits per heavy atom. The zero-order valence-electron chi connectivity index (χ0n) is 10.9. The number of hydrogen-bond acceptors (Lipinski definition) is 3. The van der Waals surface area contributed by atoms with Gasteiger partial charge in [0, 0.05) is 19.2 Å². The number of benzene rings is 1. The van der Waals surface area contributed by atoms with Crippen molar-refractivity contribution >= 4 is 17.6 Å². The van der Waals surface area contributed by atoms with Crippen LogP contribution in [0.3, 0.4) is 0 Å². The van der Waals surface area contributed by atoms with Gasteiger partial charge in [0.25, 0.3) is 0 Å². The van der Waals surface area contributed by atoms with Crippen LogP contribution in [-0.2, 0) is 16.1 Å². The van der Waals surface area contributed by atoms with Crippen LogP contribution >= 0.6 is 0 Å². The monoisotopic (exact) mass is 262 g/mol. The number of aliphatic carboxylic acids is 1. The van der Waals surface area contributed by atoms with E-state index in [9.17, 15) is 9.59 Å². The minimum atomic E-state index is -0.743. The Hall–Kier alpha value is -1.88. The molecule has 19 heavy (non-hydrogen) atoms. The summed E-state index contributed by atoms with van der Waals surface area (Å²) in [7, 11) is 0. The standard InChI is InChI=1S/C14H18N2O3/c1-10(17)15-12-6-4-11(5-7-12)9-16-8-2-3-13(16)14(18)19/h4-7,13H,2-3,8-9H2,1H3,(H,15,17)(H,18,19). The average molecular weight is 262 g/mol. The summed E-state index contributed by atoms with van der Waals surface area (Å²) >= 11 is 0. The first-order chi connectivity index (χ1) is 9.06. The van der Waals surface area contributed by atoms with Crippen molar-refractivity contribution in [2.75, 3.05) is 11.9 Å². The number of amides is 1. The Balaban J connectivity index is 1.99. The lowest BCUT2D eigenvalue weighted by Crippen LogP contribution is -2.35. The van der Waals surface area contributed by atoms with E-state index in [0.717, 1.165) is 30.6 Å². The van der Waals surface area contributed by atoms with E-state index in [1.165, 1.54) is 6.92 Å². The third kappa shape index (κ3) is 3.54. The van der Waals surface area contributed by atoms with Crippen LogP contribution in [0, 0.1) is 0 Å². The quantitative estimate of drug-likeness (QED) is 0.866. The van der Waals surface area contributed by atoms with E-state index in [4.69, 9.17) is 5.11 Å². The molecule has 5 heteroatoms. The molecule has 2 rings (SSSR count). The second kappa shape index (κ2) is 5.84. The van der Waals surface area contributed by atoms with Gasteiger partial charge in [0.15, 0.2) is 0 Å². The van der Waals surface area contributed by atoms with E-state index < -0.39 is 5.97 Å². The van der Waals surface area contributed by atoms with E-state index in [1.54, 1.807) is 0 Å². The first-order valence-corrected chi connectivity index (χ1v) is 6.39. The highest BCUT2D eigenvalue weighted by Gasteiger charge is 2.30.